The van der Waals surface area contributed by atoms with Crippen LogP contribution < -0.4 is 10.6 Å². The summed E-state index contributed by atoms with van der Waals surface area (Å²) in [5.41, 5.74) is 1.91. The number of halogens is 1. The second-order valence-corrected chi connectivity index (χ2v) is 6.36. The Balaban J connectivity index is 1.70. The van der Waals surface area contributed by atoms with Gasteiger partial charge in [-0.25, -0.2) is 0 Å². The van der Waals surface area contributed by atoms with Crippen LogP contribution in [0.15, 0.2) is 30.5 Å². The number of nitrogens with one attached hydrogen (secondary N) is 2. The fourth-order valence-corrected chi connectivity index (χ4v) is 2.87. The molecule has 6 heteroatoms. The molecule has 0 spiro atoms. The Hall–Kier alpha value is -1.85. The van der Waals surface area contributed by atoms with Crippen LogP contribution in [0.4, 0.5) is 5.69 Å². The van der Waals surface area contributed by atoms with Gasteiger partial charge in [0, 0.05) is 48.3 Å². The second-order valence-electron chi connectivity index (χ2n) is 5.93. The van der Waals surface area contributed by atoms with Crippen molar-refractivity contribution in [3.63, 3.8) is 0 Å². The number of aromatic nitrogens is 1. The molecule has 0 saturated carbocycles. The van der Waals surface area contributed by atoms with Gasteiger partial charge in [-0.3, -0.25) is 9.78 Å². The van der Waals surface area contributed by atoms with E-state index in [0.717, 1.165) is 49.2 Å². The number of amides is 1. The van der Waals surface area contributed by atoms with Crippen molar-refractivity contribution in [1.82, 2.24) is 15.2 Å². The molecule has 0 fully saturated rings. The van der Waals surface area contributed by atoms with E-state index in [-0.39, 0.29) is 5.91 Å². The quantitative estimate of drug-likeness (QED) is 0.635. The normalized spacial score (nSPS) is 11.0. The smallest absolute Gasteiger partial charge is 0.221 e. The van der Waals surface area contributed by atoms with Gasteiger partial charge in [0.05, 0.1) is 5.52 Å². The van der Waals surface area contributed by atoms with Crippen molar-refractivity contribution in [1.29, 1.82) is 0 Å². The predicted octanol–water partition coefficient (Wildman–Crippen LogP) is 3.54. The zero-order chi connectivity index (χ0) is 18.1. The molecule has 0 aliphatic carbocycles. The largest absolute Gasteiger partial charge is 0.384 e. The number of anilines is 1. The lowest BCUT2D eigenvalue weighted by molar-refractivity contribution is -0.121. The van der Waals surface area contributed by atoms with E-state index in [1.165, 1.54) is 0 Å². The van der Waals surface area contributed by atoms with E-state index < -0.39 is 0 Å². The molecule has 0 aliphatic rings. The molecule has 1 amide bonds. The van der Waals surface area contributed by atoms with E-state index in [9.17, 15) is 4.79 Å². The van der Waals surface area contributed by atoms with Gasteiger partial charge in [0.2, 0.25) is 5.91 Å². The second kappa shape index (κ2) is 10.2. The third kappa shape index (κ3) is 6.18. The highest BCUT2D eigenvalue weighted by molar-refractivity contribution is 6.31. The Labute approximate surface area is 154 Å². The Kier molecular flexibility index (Phi) is 7.95. The fraction of sp³-hybridized carbons (Fsp3) is 0.474. The molecule has 5 nitrogen and oxygen atoms in total. The van der Waals surface area contributed by atoms with Crippen LogP contribution in [0.2, 0.25) is 5.02 Å². The first-order valence-electron chi connectivity index (χ1n) is 8.91. The monoisotopic (exact) mass is 362 g/mol. The minimum atomic E-state index is 0.121. The molecule has 0 saturated heterocycles. The van der Waals surface area contributed by atoms with Crippen molar-refractivity contribution in [2.75, 3.05) is 38.0 Å². The number of carbonyl (C=O) groups excluding carboxylic acids is 1. The third-order valence-electron chi connectivity index (χ3n) is 4.25. The maximum Gasteiger partial charge on any atom is 0.221 e. The zero-order valence-electron chi connectivity index (χ0n) is 15.0. The van der Waals surface area contributed by atoms with Gasteiger partial charge < -0.3 is 15.5 Å². The van der Waals surface area contributed by atoms with E-state index >= 15 is 0 Å². The molecule has 25 heavy (non-hydrogen) atoms. The topological polar surface area (TPSA) is 57.3 Å². The molecule has 136 valence electrons. The van der Waals surface area contributed by atoms with Crippen LogP contribution in [0.3, 0.4) is 0 Å². The molecule has 1 heterocycles. The van der Waals surface area contributed by atoms with Crippen LogP contribution in [0.25, 0.3) is 10.9 Å². The summed E-state index contributed by atoms with van der Waals surface area (Å²) < 4.78 is 0. The maximum absolute atomic E-state index is 11.8. The molecule has 0 unspecified atom stereocenters. The maximum atomic E-state index is 11.8. The number of nitrogens with zero attached hydrogens (tertiary/aromatic N) is 2. The van der Waals surface area contributed by atoms with E-state index in [1.54, 1.807) is 6.20 Å². The van der Waals surface area contributed by atoms with Gasteiger partial charge in [0.1, 0.15) is 0 Å². The van der Waals surface area contributed by atoms with Gasteiger partial charge in [-0.2, -0.15) is 0 Å². The van der Waals surface area contributed by atoms with Crippen LogP contribution in [0.1, 0.15) is 26.7 Å². The van der Waals surface area contributed by atoms with Gasteiger partial charge in [-0.05, 0) is 43.8 Å². The number of benzene rings is 1. The fourth-order valence-electron chi connectivity index (χ4n) is 2.70. The molecule has 1 aromatic heterocycles. The van der Waals surface area contributed by atoms with E-state index in [1.807, 2.05) is 24.3 Å². The first-order chi connectivity index (χ1) is 12.1. The van der Waals surface area contributed by atoms with Crippen LogP contribution in [-0.4, -0.2) is 48.5 Å². The van der Waals surface area contributed by atoms with Crippen molar-refractivity contribution in [2.45, 2.75) is 26.7 Å². The Bertz CT molecular complexity index is 688. The molecule has 2 aromatic rings. The van der Waals surface area contributed by atoms with Crippen LogP contribution in [0.5, 0.6) is 0 Å². The lowest BCUT2D eigenvalue weighted by Gasteiger charge is -2.17. The van der Waals surface area contributed by atoms with Gasteiger partial charge in [-0.15, -0.1) is 0 Å². The number of hydrogen-bond donors (Lipinski definition) is 2. The van der Waals surface area contributed by atoms with Crippen molar-refractivity contribution in [3.8, 4) is 0 Å². The number of rotatable bonds is 10. The summed E-state index contributed by atoms with van der Waals surface area (Å²) in [7, 11) is 0. The van der Waals surface area contributed by atoms with Gasteiger partial charge >= 0.3 is 0 Å². The van der Waals surface area contributed by atoms with E-state index in [4.69, 9.17) is 11.6 Å². The molecule has 2 rings (SSSR count). The molecular formula is C19H27ClN4O. The number of pyridine rings is 1. The van der Waals surface area contributed by atoms with E-state index in [0.29, 0.717) is 18.0 Å². The highest BCUT2D eigenvalue weighted by atomic mass is 35.5. The summed E-state index contributed by atoms with van der Waals surface area (Å²) in [5, 5.41) is 8.12. The highest BCUT2D eigenvalue weighted by Crippen LogP contribution is 2.24. The Morgan fingerprint density at radius 1 is 1.20 bits per heavy atom. The molecule has 0 aliphatic heterocycles. The van der Waals surface area contributed by atoms with Gasteiger partial charge in [0.15, 0.2) is 0 Å². The molecular weight excluding hydrogens is 336 g/mol. The SMILES string of the molecule is CCN(CC)CCC(=O)NCCCNc1ccnc2cc(Cl)ccc12. The molecule has 0 radical (unpaired) electrons. The molecule has 1 aromatic carbocycles. The minimum absolute atomic E-state index is 0.121. The molecule has 2 N–H and O–H groups in total. The van der Waals surface area contributed by atoms with Gasteiger partial charge in [0.25, 0.3) is 0 Å². The first-order valence-corrected chi connectivity index (χ1v) is 9.29. The van der Waals surface area contributed by atoms with Crippen molar-refractivity contribution in [2.24, 2.45) is 0 Å². The van der Waals surface area contributed by atoms with Crippen molar-refractivity contribution >= 4 is 34.1 Å². The lowest BCUT2D eigenvalue weighted by Crippen LogP contribution is -2.31. The van der Waals surface area contributed by atoms with Crippen LogP contribution in [0, 0.1) is 0 Å². The van der Waals surface area contributed by atoms with Crippen molar-refractivity contribution < 1.29 is 4.79 Å². The Morgan fingerprint density at radius 2 is 2.00 bits per heavy atom. The predicted molar refractivity (Wildman–Crippen MR) is 105 cm³/mol. The molecule has 0 atom stereocenters. The minimum Gasteiger partial charge on any atom is -0.384 e. The summed E-state index contributed by atoms with van der Waals surface area (Å²) in [6.45, 7) is 8.49. The number of fused-ring (bicyclic) bond motifs is 1. The first kappa shape index (κ1) is 19.5. The number of carbonyl (C=O) groups is 1. The van der Waals surface area contributed by atoms with Crippen molar-refractivity contribution in [3.05, 3.63) is 35.5 Å². The number of hydrogen-bond acceptors (Lipinski definition) is 4. The van der Waals surface area contributed by atoms with E-state index in [2.05, 4.69) is 34.4 Å². The average molecular weight is 363 g/mol. The average Bonchev–Trinajstić information content (AvgIpc) is 2.62. The summed E-state index contributed by atoms with van der Waals surface area (Å²) >= 11 is 6.01. The Morgan fingerprint density at radius 3 is 2.76 bits per heavy atom. The summed E-state index contributed by atoms with van der Waals surface area (Å²) in [6.07, 6.45) is 3.20. The summed E-state index contributed by atoms with van der Waals surface area (Å²) in [5.74, 6) is 0.121. The third-order valence-corrected chi connectivity index (χ3v) is 4.48. The summed E-state index contributed by atoms with van der Waals surface area (Å²) in [6, 6.07) is 7.66. The van der Waals surface area contributed by atoms with Gasteiger partial charge in [-0.1, -0.05) is 25.4 Å². The highest BCUT2D eigenvalue weighted by Gasteiger charge is 2.05. The summed E-state index contributed by atoms with van der Waals surface area (Å²) in [4.78, 5) is 18.4. The zero-order valence-corrected chi connectivity index (χ0v) is 15.8. The van der Waals surface area contributed by atoms with Crippen LogP contribution >= 0.6 is 11.6 Å². The molecule has 0 bridgehead atoms. The standard InChI is InChI=1S/C19H27ClN4O/c1-3-24(4-2)13-9-19(25)23-11-5-10-21-17-8-12-22-18-14-15(20)6-7-16(17)18/h6-8,12,14H,3-5,9-11,13H2,1-2H3,(H,21,22)(H,23,25). The van der Waals surface area contributed by atoms with Crippen LogP contribution in [-0.2, 0) is 4.79 Å². The lowest BCUT2D eigenvalue weighted by atomic mass is 10.2.